The molecule has 0 aromatic carbocycles. The first-order valence-corrected chi connectivity index (χ1v) is 4.32. The standard InChI is InChI=1S/C9H7F3N4/c10-9(11,12)8-6(13)5-15-16(8)7-3-1-2-4-14-7/h1-5H,13H2. The van der Waals surface area contributed by atoms with Crippen molar-refractivity contribution in [3.05, 3.63) is 36.3 Å². The molecule has 0 radical (unpaired) electrons. The fraction of sp³-hybridized carbons (Fsp3) is 0.111. The van der Waals surface area contributed by atoms with Crippen LogP contribution in [0.3, 0.4) is 0 Å². The topological polar surface area (TPSA) is 56.7 Å². The lowest BCUT2D eigenvalue weighted by Gasteiger charge is -2.10. The van der Waals surface area contributed by atoms with Crippen LogP contribution in [0.1, 0.15) is 5.69 Å². The second-order valence-corrected chi connectivity index (χ2v) is 3.05. The minimum Gasteiger partial charge on any atom is -0.396 e. The Morgan fingerprint density at radius 1 is 1.25 bits per heavy atom. The van der Waals surface area contributed by atoms with Crippen LogP contribution in [0.4, 0.5) is 18.9 Å². The summed E-state index contributed by atoms with van der Waals surface area (Å²) in [6.07, 6.45) is -2.22. The summed E-state index contributed by atoms with van der Waals surface area (Å²) in [7, 11) is 0. The van der Waals surface area contributed by atoms with Crippen LogP contribution in [0.2, 0.25) is 0 Å². The van der Waals surface area contributed by atoms with E-state index in [4.69, 9.17) is 5.73 Å². The highest BCUT2D eigenvalue weighted by Crippen LogP contribution is 2.34. The molecule has 0 fully saturated rings. The van der Waals surface area contributed by atoms with Gasteiger partial charge in [-0.15, -0.1) is 0 Å². The number of aromatic nitrogens is 3. The molecule has 2 aromatic heterocycles. The van der Waals surface area contributed by atoms with E-state index in [1.54, 1.807) is 12.1 Å². The van der Waals surface area contributed by atoms with Gasteiger partial charge >= 0.3 is 6.18 Å². The maximum atomic E-state index is 12.7. The Bertz CT molecular complexity index is 489. The summed E-state index contributed by atoms with van der Waals surface area (Å²) in [6, 6.07) is 4.59. The smallest absolute Gasteiger partial charge is 0.396 e. The summed E-state index contributed by atoms with van der Waals surface area (Å²) < 4.78 is 38.7. The second kappa shape index (κ2) is 3.51. The van der Waals surface area contributed by atoms with Gasteiger partial charge in [-0.3, -0.25) is 0 Å². The highest BCUT2D eigenvalue weighted by atomic mass is 19.4. The number of alkyl halides is 3. The van der Waals surface area contributed by atoms with Gasteiger partial charge in [0.25, 0.3) is 0 Å². The zero-order valence-electron chi connectivity index (χ0n) is 7.94. The molecule has 16 heavy (non-hydrogen) atoms. The quantitative estimate of drug-likeness (QED) is 0.810. The molecule has 0 amide bonds. The fourth-order valence-electron chi connectivity index (χ4n) is 1.30. The van der Waals surface area contributed by atoms with Gasteiger partial charge in [0.05, 0.1) is 11.9 Å². The maximum absolute atomic E-state index is 12.7. The molecule has 2 N–H and O–H groups in total. The van der Waals surface area contributed by atoms with Crippen LogP contribution < -0.4 is 5.73 Å². The first kappa shape index (κ1) is 10.5. The molecule has 2 aromatic rings. The van der Waals surface area contributed by atoms with Gasteiger partial charge in [0.2, 0.25) is 0 Å². The number of nitrogens with two attached hydrogens (primary N) is 1. The largest absolute Gasteiger partial charge is 0.435 e. The Hall–Kier alpha value is -2.05. The van der Waals surface area contributed by atoms with Crippen molar-refractivity contribution in [2.24, 2.45) is 0 Å². The molecular formula is C9H7F3N4. The average Bonchev–Trinajstić information content (AvgIpc) is 2.61. The summed E-state index contributed by atoms with van der Waals surface area (Å²) >= 11 is 0. The number of nitrogen functional groups attached to an aromatic ring is 1. The zero-order chi connectivity index (χ0) is 11.8. The molecule has 2 heterocycles. The van der Waals surface area contributed by atoms with Crippen molar-refractivity contribution in [2.75, 3.05) is 5.73 Å². The molecule has 4 nitrogen and oxygen atoms in total. The van der Waals surface area contributed by atoms with Crippen molar-refractivity contribution in [2.45, 2.75) is 6.18 Å². The van der Waals surface area contributed by atoms with Crippen LogP contribution in [0.5, 0.6) is 0 Å². The monoisotopic (exact) mass is 228 g/mol. The highest BCUT2D eigenvalue weighted by Gasteiger charge is 2.38. The first-order chi connectivity index (χ1) is 7.50. The van der Waals surface area contributed by atoms with E-state index in [1.807, 2.05) is 0 Å². The Balaban J connectivity index is 2.60. The number of pyridine rings is 1. The zero-order valence-corrected chi connectivity index (χ0v) is 7.94. The highest BCUT2D eigenvalue weighted by molar-refractivity contribution is 5.45. The van der Waals surface area contributed by atoms with Crippen LogP contribution in [0, 0.1) is 0 Å². The van der Waals surface area contributed by atoms with E-state index in [1.165, 1.54) is 12.3 Å². The fourth-order valence-corrected chi connectivity index (χ4v) is 1.30. The number of hydrogen-bond acceptors (Lipinski definition) is 3. The van der Waals surface area contributed by atoms with Crippen LogP contribution in [0.25, 0.3) is 5.82 Å². The molecule has 0 atom stereocenters. The predicted octanol–water partition coefficient (Wildman–Crippen LogP) is 1.87. The normalized spacial score (nSPS) is 11.7. The van der Waals surface area contributed by atoms with Gasteiger partial charge < -0.3 is 5.73 Å². The van der Waals surface area contributed by atoms with Crippen molar-refractivity contribution in [3.8, 4) is 5.82 Å². The third kappa shape index (κ3) is 1.71. The van der Waals surface area contributed by atoms with Crippen LogP contribution >= 0.6 is 0 Å². The van der Waals surface area contributed by atoms with E-state index in [2.05, 4.69) is 10.1 Å². The molecule has 0 aliphatic heterocycles. The summed E-state index contributed by atoms with van der Waals surface area (Å²) in [5, 5.41) is 3.56. The Kier molecular flexibility index (Phi) is 2.30. The van der Waals surface area contributed by atoms with Gasteiger partial charge in [-0.25, -0.2) is 9.67 Å². The lowest BCUT2D eigenvalue weighted by Crippen LogP contribution is -2.15. The van der Waals surface area contributed by atoms with Crippen molar-refractivity contribution >= 4 is 5.69 Å². The van der Waals surface area contributed by atoms with Crippen LogP contribution in [-0.4, -0.2) is 14.8 Å². The molecular weight excluding hydrogens is 221 g/mol. The SMILES string of the molecule is Nc1cnn(-c2ccccn2)c1C(F)(F)F. The van der Waals surface area contributed by atoms with E-state index in [-0.39, 0.29) is 5.82 Å². The minimum atomic E-state index is -4.56. The molecule has 0 saturated heterocycles. The first-order valence-electron chi connectivity index (χ1n) is 4.32. The molecule has 0 spiro atoms. The Labute approximate surface area is 88.5 Å². The van der Waals surface area contributed by atoms with E-state index in [9.17, 15) is 13.2 Å². The lowest BCUT2D eigenvalue weighted by molar-refractivity contribution is -0.142. The van der Waals surface area contributed by atoms with Gasteiger partial charge in [0, 0.05) is 6.20 Å². The van der Waals surface area contributed by atoms with Gasteiger partial charge in [0.1, 0.15) is 0 Å². The van der Waals surface area contributed by atoms with Crippen molar-refractivity contribution in [3.63, 3.8) is 0 Å². The van der Waals surface area contributed by atoms with E-state index < -0.39 is 17.6 Å². The third-order valence-electron chi connectivity index (χ3n) is 1.93. The molecule has 7 heteroatoms. The maximum Gasteiger partial charge on any atom is 0.435 e. The Morgan fingerprint density at radius 3 is 2.56 bits per heavy atom. The third-order valence-corrected chi connectivity index (χ3v) is 1.93. The van der Waals surface area contributed by atoms with E-state index >= 15 is 0 Å². The van der Waals surface area contributed by atoms with E-state index in [0.29, 0.717) is 4.68 Å². The van der Waals surface area contributed by atoms with Crippen molar-refractivity contribution in [1.82, 2.24) is 14.8 Å². The van der Waals surface area contributed by atoms with E-state index in [0.717, 1.165) is 6.20 Å². The molecule has 0 aliphatic carbocycles. The summed E-state index contributed by atoms with van der Waals surface area (Å²) in [5.41, 5.74) is 3.81. The van der Waals surface area contributed by atoms with Crippen molar-refractivity contribution in [1.29, 1.82) is 0 Å². The van der Waals surface area contributed by atoms with Gasteiger partial charge in [-0.1, -0.05) is 6.07 Å². The molecule has 0 unspecified atom stereocenters. The molecule has 0 aliphatic rings. The summed E-state index contributed by atoms with van der Waals surface area (Å²) in [5.74, 6) is 0.0755. The van der Waals surface area contributed by atoms with Gasteiger partial charge in [0.15, 0.2) is 11.5 Å². The van der Waals surface area contributed by atoms with Crippen LogP contribution in [-0.2, 0) is 6.18 Å². The summed E-state index contributed by atoms with van der Waals surface area (Å²) in [4.78, 5) is 3.78. The number of nitrogens with zero attached hydrogens (tertiary/aromatic N) is 3. The second-order valence-electron chi connectivity index (χ2n) is 3.05. The number of anilines is 1. The average molecular weight is 228 g/mol. The number of rotatable bonds is 1. The molecule has 0 bridgehead atoms. The van der Waals surface area contributed by atoms with Gasteiger partial charge in [-0.05, 0) is 12.1 Å². The molecule has 0 saturated carbocycles. The van der Waals surface area contributed by atoms with Gasteiger partial charge in [-0.2, -0.15) is 18.3 Å². The molecule has 2 rings (SSSR count). The summed E-state index contributed by atoms with van der Waals surface area (Å²) in [6.45, 7) is 0. The number of halogens is 3. The number of hydrogen-bond donors (Lipinski definition) is 1. The Morgan fingerprint density at radius 2 is 2.00 bits per heavy atom. The predicted molar refractivity (Wildman–Crippen MR) is 50.8 cm³/mol. The lowest BCUT2D eigenvalue weighted by atomic mass is 10.3. The minimum absolute atomic E-state index is 0.0755. The molecule has 84 valence electrons. The van der Waals surface area contributed by atoms with Crippen LogP contribution in [0.15, 0.2) is 30.6 Å². The van der Waals surface area contributed by atoms with Crippen molar-refractivity contribution < 1.29 is 13.2 Å².